The van der Waals surface area contributed by atoms with Gasteiger partial charge in [0.25, 0.3) is 0 Å². The second-order valence-corrected chi connectivity index (χ2v) is 14.9. The largest absolute Gasteiger partial charge is 0.387 e. The van der Waals surface area contributed by atoms with Crippen molar-refractivity contribution in [2.24, 2.45) is 11.7 Å². The van der Waals surface area contributed by atoms with Gasteiger partial charge in [-0.3, -0.25) is 20.4 Å². The fourth-order valence-corrected chi connectivity index (χ4v) is 8.51. The van der Waals surface area contributed by atoms with E-state index in [2.05, 4.69) is 74.9 Å². The molecule has 1 aromatic rings. The van der Waals surface area contributed by atoms with Gasteiger partial charge in [-0.2, -0.15) is 0 Å². The van der Waals surface area contributed by atoms with Gasteiger partial charge < -0.3 is 31.3 Å². The van der Waals surface area contributed by atoms with Crippen LogP contribution in [0.25, 0.3) is 0 Å². The van der Waals surface area contributed by atoms with Crippen LogP contribution in [-0.4, -0.2) is 113 Å². The third-order valence-electron chi connectivity index (χ3n) is 11.7. The molecule has 11 heteroatoms. The first-order chi connectivity index (χ1) is 20.6. The molecule has 5 fully saturated rings. The molecule has 0 aromatic heterocycles. The molecule has 8 atom stereocenters. The van der Waals surface area contributed by atoms with Gasteiger partial charge in [0.1, 0.15) is 24.5 Å². The van der Waals surface area contributed by atoms with Crippen molar-refractivity contribution in [3.63, 3.8) is 0 Å². The number of fused-ring (bicyclic) bond motifs is 2. The molecule has 2 aliphatic carbocycles. The SMILES string of the molecule is CC(C)N(C[C@H]1O[C@@H](N2CNC3C(N)N(C)CNC32)[C@H](O)[C@@H]1O)[C@H]1C[C@@H](CCC2Nc3ccc(C4(C)CCC4)cc3N2)C1. The molecule has 0 spiro atoms. The predicted molar refractivity (Wildman–Crippen MR) is 168 cm³/mol. The molecule has 0 bridgehead atoms. The van der Waals surface area contributed by atoms with Crippen molar-refractivity contribution in [1.29, 1.82) is 0 Å². The number of nitrogens with one attached hydrogen (secondary N) is 4. The van der Waals surface area contributed by atoms with Crippen LogP contribution in [0.15, 0.2) is 18.2 Å². The molecule has 4 aliphatic heterocycles. The lowest BCUT2D eigenvalue weighted by atomic mass is 9.66. The minimum absolute atomic E-state index is 0.0295. The number of benzene rings is 1. The average molecular weight is 599 g/mol. The number of nitrogens with two attached hydrogens (primary N) is 1. The van der Waals surface area contributed by atoms with Crippen LogP contribution in [0.1, 0.15) is 71.3 Å². The molecule has 4 unspecified atom stereocenters. The number of hydrogen-bond donors (Lipinski definition) is 7. The van der Waals surface area contributed by atoms with Gasteiger partial charge in [-0.05, 0) is 88.4 Å². The van der Waals surface area contributed by atoms with E-state index in [0.717, 1.165) is 6.42 Å². The summed E-state index contributed by atoms with van der Waals surface area (Å²) in [6.45, 7) is 8.69. The maximum atomic E-state index is 11.1. The zero-order valence-electron chi connectivity index (χ0n) is 26.4. The van der Waals surface area contributed by atoms with Crippen LogP contribution < -0.4 is 27.0 Å². The Morgan fingerprint density at radius 2 is 1.84 bits per heavy atom. The van der Waals surface area contributed by atoms with E-state index in [0.29, 0.717) is 49.5 Å². The van der Waals surface area contributed by atoms with Gasteiger partial charge in [0, 0.05) is 18.6 Å². The standard InChI is InChI=1S/C32H54N8O3/c1-18(2)39(15-24-27(41)28(42)31(43-24)40-17-34-26-29(33)38(4)16-35-30(26)40)21-12-19(13-21)6-9-25-36-22-8-7-20(14-23(22)37-25)32(3)10-5-11-32/h7-8,14,18-19,21,24-31,34-37,41-42H,5-6,9-13,15-17,33H2,1-4H3/t19-,21+,24-,25?,26?,27-,28-,29?,30?,31-/m1/s1. The second-order valence-electron chi connectivity index (χ2n) is 14.9. The van der Waals surface area contributed by atoms with Gasteiger partial charge in [0.2, 0.25) is 0 Å². The molecule has 1 aromatic carbocycles. The number of aliphatic hydroxyl groups excluding tert-OH is 2. The molecule has 0 radical (unpaired) electrons. The van der Waals surface area contributed by atoms with Gasteiger partial charge in [0.05, 0.1) is 49.3 Å². The summed E-state index contributed by atoms with van der Waals surface area (Å²) in [6, 6.07) is 7.81. The van der Waals surface area contributed by atoms with E-state index in [1.165, 1.54) is 55.5 Å². The molecule has 3 saturated heterocycles. The summed E-state index contributed by atoms with van der Waals surface area (Å²) in [5, 5.41) is 36.6. The van der Waals surface area contributed by atoms with Gasteiger partial charge in [0.15, 0.2) is 0 Å². The Morgan fingerprint density at radius 3 is 2.56 bits per heavy atom. The van der Waals surface area contributed by atoms with Gasteiger partial charge in [-0.25, -0.2) is 4.90 Å². The summed E-state index contributed by atoms with van der Waals surface area (Å²) < 4.78 is 6.43. The number of aliphatic hydroxyl groups is 2. The number of nitrogens with zero attached hydrogens (tertiary/aromatic N) is 3. The highest BCUT2D eigenvalue weighted by Crippen LogP contribution is 2.46. The van der Waals surface area contributed by atoms with Crippen LogP contribution in [-0.2, 0) is 10.2 Å². The molecule has 8 N–H and O–H groups in total. The molecule has 240 valence electrons. The maximum absolute atomic E-state index is 11.1. The normalized spacial score (nSPS) is 40.6. The maximum Gasteiger partial charge on any atom is 0.142 e. The van der Waals surface area contributed by atoms with E-state index in [1.54, 1.807) is 0 Å². The van der Waals surface area contributed by atoms with Crippen molar-refractivity contribution in [3.8, 4) is 0 Å². The highest BCUT2D eigenvalue weighted by atomic mass is 16.6. The Kier molecular flexibility index (Phi) is 8.18. The van der Waals surface area contributed by atoms with Crippen LogP contribution in [0.2, 0.25) is 0 Å². The fourth-order valence-electron chi connectivity index (χ4n) is 8.51. The molecule has 6 aliphatic rings. The van der Waals surface area contributed by atoms with E-state index in [-0.39, 0.29) is 18.4 Å². The highest BCUT2D eigenvalue weighted by molar-refractivity contribution is 5.75. The van der Waals surface area contributed by atoms with Gasteiger partial charge in [-0.15, -0.1) is 0 Å². The van der Waals surface area contributed by atoms with Crippen LogP contribution in [0.3, 0.4) is 0 Å². The van der Waals surface area contributed by atoms with Crippen molar-refractivity contribution in [1.82, 2.24) is 25.3 Å². The molecule has 0 amide bonds. The summed E-state index contributed by atoms with van der Waals surface area (Å²) in [6.07, 6.45) is 5.83. The molecule has 11 nitrogen and oxygen atoms in total. The molecule has 43 heavy (non-hydrogen) atoms. The second kappa shape index (κ2) is 11.7. The zero-order valence-corrected chi connectivity index (χ0v) is 26.4. The number of likely N-dealkylation sites (N-methyl/N-ethyl adjacent to an activating group) is 1. The Labute approximate surface area is 256 Å². The van der Waals surface area contributed by atoms with E-state index in [1.807, 2.05) is 7.05 Å². The minimum Gasteiger partial charge on any atom is -0.387 e. The number of anilines is 2. The van der Waals surface area contributed by atoms with Crippen LogP contribution >= 0.6 is 0 Å². The Balaban J connectivity index is 0.892. The molecule has 7 rings (SSSR count). The highest BCUT2D eigenvalue weighted by Gasteiger charge is 2.53. The van der Waals surface area contributed by atoms with Crippen molar-refractivity contribution < 1.29 is 14.9 Å². The first-order valence-corrected chi connectivity index (χ1v) is 16.7. The van der Waals surface area contributed by atoms with Crippen molar-refractivity contribution in [3.05, 3.63) is 23.8 Å². The lowest BCUT2D eigenvalue weighted by Gasteiger charge is -2.46. The Hall–Kier alpha value is -1.54. The van der Waals surface area contributed by atoms with Gasteiger partial charge >= 0.3 is 0 Å². The van der Waals surface area contributed by atoms with Gasteiger partial charge in [-0.1, -0.05) is 19.4 Å². The summed E-state index contributed by atoms with van der Waals surface area (Å²) >= 11 is 0. The monoisotopic (exact) mass is 598 g/mol. The van der Waals surface area contributed by atoms with E-state index in [4.69, 9.17) is 10.5 Å². The Morgan fingerprint density at radius 1 is 1.07 bits per heavy atom. The van der Waals surface area contributed by atoms with Crippen LogP contribution in [0.4, 0.5) is 11.4 Å². The molecule has 4 heterocycles. The lowest BCUT2D eigenvalue weighted by Crippen LogP contribution is -2.68. The lowest BCUT2D eigenvalue weighted by molar-refractivity contribution is -0.115. The van der Waals surface area contributed by atoms with Crippen LogP contribution in [0, 0.1) is 5.92 Å². The topological polar surface area (TPSA) is 134 Å². The molecule has 2 saturated carbocycles. The smallest absolute Gasteiger partial charge is 0.142 e. The zero-order chi connectivity index (χ0) is 30.0. The van der Waals surface area contributed by atoms with Crippen LogP contribution in [0.5, 0.6) is 0 Å². The first-order valence-electron chi connectivity index (χ1n) is 16.7. The van der Waals surface area contributed by atoms with E-state index < -0.39 is 24.5 Å². The molecular formula is C32H54N8O3. The third kappa shape index (κ3) is 5.48. The summed E-state index contributed by atoms with van der Waals surface area (Å²) in [5.74, 6) is 0.711. The minimum atomic E-state index is -0.963. The van der Waals surface area contributed by atoms with E-state index >= 15 is 0 Å². The number of ether oxygens (including phenoxy) is 1. The summed E-state index contributed by atoms with van der Waals surface area (Å²) in [4.78, 5) is 6.64. The third-order valence-corrected chi connectivity index (χ3v) is 11.7. The number of hydrogen-bond acceptors (Lipinski definition) is 11. The summed E-state index contributed by atoms with van der Waals surface area (Å²) in [7, 11) is 2.00. The Bertz CT molecular complexity index is 1150. The van der Waals surface area contributed by atoms with Crippen molar-refractivity contribution >= 4 is 11.4 Å². The first kappa shape index (κ1) is 30.1. The van der Waals surface area contributed by atoms with E-state index in [9.17, 15) is 10.2 Å². The number of rotatable bonds is 9. The average Bonchev–Trinajstić information content (AvgIpc) is 3.63. The quantitative estimate of drug-likeness (QED) is 0.222. The predicted octanol–water partition coefficient (Wildman–Crippen LogP) is 1.34. The molecular weight excluding hydrogens is 544 g/mol. The summed E-state index contributed by atoms with van der Waals surface area (Å²) in [5.41, 5.74) is 10.7. The van der Waals surface area contributed by atoms with Crippen molar-refractivity contribution in [2.75, 3.05) is 37.6 Å². The van der Waals surface area contributed by atoms with Crippen molar-refractivity contribution in [2.45, 2.75) is 132 Å². The fraction of sp³-hybridized carbons (Fsp3) is 0.812.